The number of nitrogens with zero attached hydrogens (tertiary/aromatic N) is 1. The Morgan fingerprint density at radius 2 is 2.04 bits per heavy atom. The van der Waals surface area contributed by atoms with Crippen LogP contribution in [0, 0.1) is 5.82 Å². The number of amides is 1. The van der Waals surface area contributed by atoms with Crippen molar-refractivity contribution in [1.82, 2.24) is 4.98 Å². The quantitative estimate of drug-likeness (QED) is 0.777. The van der Waals surface area contributed by atoms with Crippen LogP contribution < -0.4 is 14.8 Å². The SMILES string of the molecule is COc1cccc2sc(NC(=O)COc3ccc(F)cc3)nc12. The highest BCUT2D eigenvalue weighted by Crippen LogP contribution is 2.31. The fourth-order valence-corrected chi connectivity index (χ4v) is 2.88. The van der Waals surface area contributed by atoms with E-state index in [0.29, 0.717) is 22.1 Å². The summed E-state index contributed by atoms with van der Waals surface area (Å²) in [5.74, 6) is 0.381. The van der Waals surface area contributed by atoms with Gasteiger partial charge in [-0.3, -0.25) is 10.1 Å². The topological polar surface area (TPSA) is 60.5 Å². The maximum atomic E-state index is 12.8. The molecule has 23 heavy (non-hydrogen) atoms. The minimum Gasteiger partial charge on any atom is -0.494 e. The number of thiazole rings is 1. The molecule has 0 fully saturated rings. The number of ether oxygens (including phenoxy) is 2. The molecule has 118 valence electrons. The van der Waals surface area contributed by atoms with Gasteiger partial charge in [0.25, 0.3) is 5.91 Å². The summed E-state index contributed by atoms with van der Waals surface area (Å²) in [6.07, 6.45) is 0. The van der Waals surface area contributed by atoms with Crippen LogP contribution in [-0.4, -0.2) is 24.6 Å². The summed E-state index contributed by atoms with van der Waals surface area (Å²) in [4.78, 5) is 16.3. The van der Waals surface area contributed by atoms with E-state index in [1.807, 2.05) is 18.2 Å². The molecule has 0 saturated heterocycles. The molecule has 0 aliphatic rings. The number of aromatic nitrogens is 1. The summed E-state index contributed by atoms with van der Waals surface area (Å²) < 4.78 is 24.2. The van der Waals surface area contributed by atoms with E-state index in [4.69, 9.17) is 9.47 Å². The average molecular weight is 332 g/mol. The molecule has 2 aromatic carbocycles. The van der Waals surface area contributed by atoms with Crippen LogP contribution in [0.2, 0.25) is 0 Å². The largest absolute Gasteiger partial charge is 0.494 e. The zero-order chi connectivity index (χ0) is 16.2. The maximum Gasteiger partial charge on any atom is 0.264 e. The zero-order valence-corrected chi connectivity index (χ0v) is 13.0. The predicted molar refractivity (Wildman–Crippen MR) is 86.7 cm³/mol. The van der Waals surface area contributed by atoms with E-state index in [9.17, 15) is 9.18 Å². The minimum atomic E-state index is -0.356. The normalized spacial score (nSPS) is 10.5. The van der Waals surface area contributed by atoms with E-state index in [1.165, 1.54) is 35.6 Å². The second kappa shape index (κ2) is 6.62. The van der Waals surface area contributed by atoms with Gasteiger partial charge in [0, 0.05) is 0 Å². The lowest BCUT2D eigenvalue weighted by Gasteiger charge is -2.05. The van der Waals surface area contributed by atoms with E-state index in [1.54, 1.807) is 7.11 Å². The third kappa shape index (κ3) is 3.57. The van der Waals surface area contributed by atoms with Crippen molar-refractivity contribution >= 4 is 32.6 Å². The Kier molecular flexibility index (Phi) is 4.38. The molecule has 0 saturated carbocycles. The lowest BCUT2D eigenvalue weighted by molar-refractivity contribution is -0.118. The first-order valence-electron chi connectivity index (χ1n) is 6.77. The molecule has 1 amide bonds. The van der Waals surface area contributed by atoms with Crippen molar-refractivity contribution in [3.05, 3.63) is 48.3 Å². The number of benzene rings is 2. The number of rotatable bonds is 5. The molecule has 1 N–H and O–H groups in total. The maximum absolute atomic E-state index is 12.8. The number of hydrogen-bond acceptors (Lipinski definition) is 5. The summed E-state index contributed by atoms with van der Waals surface area (Å²) in [5, 5.41) is 3.15. The molecular formula is C16H13FN2O3S. The van der Waals surface area contributed by atoms with E-state index < -0.39 is 0 Å². The highest BCUT2D eigenvalue weighted by molar-refractivity contribution is 7.22. The van der Waals surface area contributed by atoms with Gasteiger partial charge in [-0.15, -0.1) is 0 Å². The molecule has 0 spiro atoms. The minimum absolute atomic E-state index is 0.182. The summed E-state index contributed by atoms with van der Waals surface area (Å²) >= 11 is 1.35. The number of halogens is 1. The van der Waals surface area contributed by atoms with E-state index in [2.05, 4.69) is 10.3 Å². The van der Waals surface area contributed by atoms with Crippen LogP contribution in [0.25, 0.3) is 10.2 Å². The van der Waals surface area contributed by atoms with Gasteiger partial charge in [0.15, 0.2) is 11.7 Å². The molecule has 0 unspecified atom stereocenters. The Morgan fingerprint density at radius 1 is 1.26 bits per heavy atom. The van der Waals surface area contributed by atoms with Crippen molar-refractivity contribution in [2.45, 2.75) is 0 Å². The molecule has 0 aliphatic heterocycles. The molecular weight excluding hydrogens is 319 g/mol. The highest BCUT2D eigenvalue weighted by Gasteiger charge is 2.11. The standard InChI is InChI=1S/C16H13FN2O3S/c1-21-12-3-2-4-13-15(12)19-16(23-13)18-14(20)9-22-11-7-5-10(17)6-8-11/h2-8H,9H2,1H3,(H,18,19,20). The highest BCUT2D eigenvalue weighted by atomic mass is 32.1. The van der Waals surface area contributed by atoms with Crippen LogP contribution in [0.3, 0.4) is 0 Å². The Hall–Kier alpha value is -2.67. The number of carbonyl (C=O) groups is 1. The van der Waals surface area contributed by atoms with Crippen molar-refractivity contribution in [2.24, 2.45) is 0 Å². The van der Waals surface area contributed by atoms with Crippen molar-refractivity contribution in [1.29, 1.82) is 0 Å². The second-order valence-corrected chi connectivity index (χ2v) is 5.65. The number of methoxy groups -OCH3 is 1. The van der Waals surface area contributed by atoms with Crippen molar-refractivity contribution < 1.29 is 18.7 Å². The van der Waals surface area contributed by atoms with Gasteiger partial charge in [-0.2, -0.15) is 0 Å². The van der Waals surface area contributed by atoms with Crippen LogP contribution in [0.4, 0.5) is 9.52 Å². The van der Waals surface area contributed by atoms with E-state index >= 15 is 0 Å². The number of carbonyl (C=O) groups excluding carboxylic acids is 1. The summed E-state index contributed by atoms with van der Waals surface area (Å²) in [7, 11) is 1.57. The van der Waals surface area contributed by atoms with Gasteiger partial charge in [0.2, 0.25) is 0 Å². The van der Waals surface area contributed by atoms with E-state index in [0.717, 1.165) is 4.70 Å². The molecule has 0 bridgehead atoms. The van der Waals surface area contributed by atoms with Gasteiger partial charge >= 0.3 is 0 Å². The van der Waals surface area contributed by atoms with Gasteiger partial charge in [0.1, 0.15) is 22.8 Å². The monoisotopic (exact) mass is 332 g/mol. The molecule has 5 nitrogen and oxygen atoms in total. The number of fused-ring (bicyclic) bond motifs is 1. The Labute approximate surface area is 135 Å². The van der Waals surface area contributed by atoms with Crippen LogP contribution in [-0.2, 0) is 4.79 Å². The van der Waals surface area contributed by atoms with Crippen LogP contribution in [0.1, 0.15) is 0 Å². The van der Waals surface area contributed by atoms with Crippen molar-refractivity contribution in [3.63, 3.8) is 0 Å². The van der Waals surface area contributed by atoms with Gasteiger partial charge in [-0.05, 0) is 36.4 Å². The summed E-state index contributed by atoms with van der Waals surface area (Å²) in [5.41, 5.74) is 0.703. The molecule has 3 rings (SSSR count). The lowest BCUT2D eigenvalue weighted by Crippen LogP contribution is -2.19. The molecule has 0 radical (unpaired) electrons. The van der Waals surface area contributed by atoms with E-state index in [-0.39, 0.29) is 18.3 Å². The molecule has 0 aliphatic carbocycles. The van der Waals surface area contributed by atoms with Gasteiger partial charge in [0.05, 0.1) is 11.8 Å². The first-order valence-corrected chi connectivity index (χ1v) is 7.59. The first-order chi connectivity index (χ1) is 11.2. The second-order valence-electron chi connectivity index (χ2n) is 4.62. The fourth-order valence-electron chi connectivity index (χ4n) is 1.98. The number of anilines is 1. The number of para-hydroxylation sites is 1. The van der Waals surface area contributed by atoms with Crippen LogP contribution in [0.5, 0.6) is 11.5 Å². The first kappa shape index (κ1) is 15.2. The third-order valence-electron chi connectivity index (χ3n) is 3.03. The third-order valence-corrected chi connectivity index (χ3v) is 3.97. The number of hydrogen-bond donors (Lipinski definition) is 1. The van der Waals surface area contributed by atoms with Crippen LogP contribution >= 0.6 is 11.3 Å². The molecule has 3 aromatic rings. The van der Waals surface area contributed by atoms with Gasteiger partial charge in [-0.25, -0.2) is 9.37 Å². The fraction of sp³-hybridized carbons (Fsp3) is 0.125. The summed E-state index contributed by atoms with van der Waals surface area (Å²) in [6.45, 7) is -0.182. The van der Waals surface area contributed by atoms with Crippen LogP contribution in [0.15, 0.2) is 42.5 Å². The Morgan fingerprint density at radius 3 is 2.78 bits per heavy atom. The Bertz CT molecular complexity index is 833. The van der Waals surface area contributed by atoms with Gasteiger partial charge in [-0.1, -0.05) is 17.4 Å². The van der Waals surface area contributed by atoms with Gasteiger partial charge < -0.3 is 9.47 Å². The predicted octanol–water partition coefficient (Wildman–Crippen LogP) is 3.46. The van der Waals surface area contributed by atoms with Crippen molar-refractivity contribution in [3.8, 4) is 11.5 Å². The van der Waals surface area contributed by atoms with Crippen molar-refractivity contribution in [2.75, 3.05) is 19.0 Å². The Balaban J connectivity index is 1.64. The molecule has 1 heterocycles. The average Bonchev–Trinajstić information content (AvgIpc) is 2.96. The molecule has 7 heteroatoms. The molecule has 1 aromatic heterocycles. The summed E-state index contributed by atoms with van der Waals surface area (Å²) in [6, 6.07) is 11.0. The zero-order valence-electron chi connectivity index (χ0n) is 12.2. The molecule has 0 atom stereocenters. The smallest absolute Gasteiger partial charge is 0.264 e. The lowest BCUT2D eigenvalue weighted by atomic mass is 10.3. The number of nitrogens with one attached hydrogen (secondary N) is 1.